The topological polar surface area (TPSA) is 132 Å². The number of aromatic nitrogens is 1. The number of carbonyl (C=O) groups is 4. The number of nitrogens with two attached hydrogens (primary N) is 1. The van der Waals surface area contributed by atoms with Gasteiger partial charge in [-0.25, -0.2) is 4.98 Å². The largest absolute Gasteiger partial charge is 0.379 e. The Labute approximate surface area is 316 Å². The molecular weight excluding hydrogens is 677 g/mol. The number of Topliss-reactive ketones (excluding diaryl/α,β-unsaturated/α-hetero) is 2. The monoisotopic (exact) mass is 740 g/mol. The maximum atomic E-state index is 14.2. The Morgan fingerprint density at radius 3 is 2.25 bits per heavy atom. The lowest BCUT2D eigenvalue weighted by Gasteiger charge is -2.41. The highest BCUT2D eigenvalue weighted by Gasteiger charge is 2.43. The Balaban J connectivity index is 1.78. The summed E-state index contributed by atoms with van der Waals surface area (Å²) in [7, 11) is 4.96. The summed E-state index contributed by atoms with van der Waals surface area (Å²) in [5.74, 6) is -1.42. The highest BCUT2D eigenvalue weighted by atomic mass is 32.1. The summed E-state index contributed by atoms with van der Waals surface area (Å²) < 4.78 is 12.1. The molecule has 0 bridgehead atoms. The first-order chi connectivity index (χ1) is 24.5. The van der Waals surface area contributed by atoms with Crippen LogP contribution in [-0.2, 0) is 35.1 Å². The number of amides is 2. The Kier molecular flexibility index (Phi) is 16.6. The molecule has 1 aliphatic rings. The number of likely N-dealkylation sites (tertiary alicyclic amines) is 1. The first kappa shape index (κ1) is 43.4. The van der Waals surface area contributed by atoms with Crippen molar-refractivity contribution in [3.8, 4) is 0 Å². The van der Waals surface area contributed by atoms with Crippen molar-refractivity contribution in [2.45, 2.75) is 129 Å². The average Bonchev–Trinajstić information content (AvgIpc) is 3.83. The SMILES string of the molecule is CC[C@H](C)[C@@H]([C@@H](CC(=O)N1CCC[C@H]1[C@H](OC)[C@@H](C)C(=O)C[C@@H](Cc1ccccc1)c1nccs1)OC)N(C)C(=O)[C@@H](CC(=O)C(C)(C)N)C(C)C. The summed E-state index contributed by atoms with van der Waals surface area (Å²) in [4.78, 5) is 63.3. The van der Waals surface area contributed by atoms with Crippen LogP contribution in [0.4, 0.5) is 0 Å². The summed E-state index contributed by atoms with van der Waals surface area (Å²) in [6.45, 7) is 13.8. The Bertz CT molecular complexity index is 1430. The Morgan fingerprint density at radius 1 is 1.04 bits per heavy atom. The number of thiazole rings is 1. The van der Waals surface area contributed by atoms with Crippen LogP contribution in [0.15, 0.2) is 41.9 Å². The average molecular weight is 741 g/mol. The molecule has 1 aromatic heterocycles. The zero-order chi connectivity index (χ0) is 38.7. The predicted molar refractivity (Wildman–Crippen MR) is 207 cm³/mol. The molecule has 1 fully saturated rings. The molecule has 0 radical (unpaired) electrons. The summed E-state index contributed by atoms with van der Waals surface area (Å²) in [5.41, 5.74) is 6.21. The van der Waals surface area contributed by atoms with Crippen LogP contribution in [0.5, 0.6) is 0 Å². The summed E-state index contributed by atoms with van der Waals surface area (Å²) in [6, 6.07) is 9.49. The van der Waals surface area contributed by atoms with Gasteiger partial charge < -0.3 is 25.0 Å². The van der Waals surface area contributed by atoms with Gasteiger partial charge in [0.2, 0.25) is 11.8 Å². The molecule has 1 aromatic carbocycles. The van der Waals surface area contributed by atoms with Gasteiger partial charge in [0, 0.05) is 70.0 Å². The van der Waals surface area contributed by atoms with Gasteiger partial charge in [0.25, 0.3) is 0 Å². The molecule has 0 spiro atoms. The van der Waals surface area contributed by atoms with Crippen LogP contribution in [0, 0.1) is 23.7 Å². The third-order valence-corrected chi connectivity index (χ3v) is 12.1. The van der Waals surface area contributed by atoms with Gasteiger partial charge in [0.05, 0.1) is 41.3 Å². The van der Waals surface area contributed by atoms with Crippen molar-refractivity contribution in [1.82, 2.24) is 14.8 Å². The molecule has 8 atom stereocenters. The number of hydrogen-bond acceptors (Lipinski definition) is 9. The van der Waals surface area contributed by atoms with Crippen LogP contribution >= 0.6 is 11.3 Å². The van der Waals surface area contributed by atoms with Crippen LogP contribution in [0.25, 0.3) is 0 Å². The lowest BCUT2D eigenvalue weighted by Crippen LogP contribution is -2.54. The molecule has 11 heteroatoms. The maximum Gasteiger partial charge on any atom is 0.226 e. The van der Waals surface area contributed by atoms with E-state index in [1.807, 2.05) is 49.3 Å². The number of ketones is 2. The van der Waals surface area contributed by atoms with Crippen molar-refractivity contribution < 1.29 is 28.7 Å². The highest BCUT2D eigenvalue weighted by Crippen LogP contribution is 2.33. The smallest absolute Gasteiger partial charge is 0.226 e. The second-order valence-corrected chi connectivity index (χ2v) is 16.6. The van der Waals surface area contributed by atoms with Crippen molar-refractivity contribution in [3.63, 3.8) is 0 Å². The number of carbonyl (C=O) groups excluding carboxylic acids is 4. The second kappa shape index (κ2) is 19.9. The van der Waals surface area contributed by atoms with Crippen LogP contribution in [0.1, 0.15) is 103 Å². The maximum absolute atomic E-state index is 14.2. The quantitative estimate of drug-likeness (QED) is 0.157. The normalized spacial score (nSPS) is 19.1. The van der Waals surface area contributed by atoms with Gasteiger partial charge in [-0.15, -0.1) is 11.3 Å². The molecule has 52 heavy (non-hydrogen) atoms. The van der Waals surface area contributed by atoms with E-state index >= 15 is 0 Å². The van der Waals surface area contributed by atoms with Crippen LogP contribution in [-0.4, -0.2) is 95.8 Å². The van der Waals surface area contributed by atoms with E-state index < -0.39 is 35.6 Å². The van der Waals surface area contributed by atoms with Crippen molar-refractivity contribution in [3.05, 3.63) is 52.5 Å². The number of ether oxygens (including phenoxy) is 2. The van der Waals surface area contributed by atoms with Crippen molar-refractivity contribution in [2.24, 2.45) is 29.4 Å². The lowest BCUT2D eigenvalue weighted by atomic mass is 9.83. The van der Waals surface area contributed by atoms with E-state index in [1.54, 1.807) is 57.5 Å². The van der Waals surface area contributed by atoms with Crippen LogP contribution in [0.2, 0.25) is 0 Å². The third kappa shape index (κ3) is 11.3. The van der Waals surface area contributed by atoms with Crippen LogP contribution in [0.3, 0.4) is 0 Å². The molecule has 0 aliphatic carbocycles. The molecule has 2 heterocycles. The Morgan fingerprint density at radius 2 is 1.71 bits per heavy atom. The van der Waals surface area contributed by atoms with Crippen molar-refractivity contribution in [1.29, 1.82) is 0 Å². The van der Waals surface area contributed by atoms with E-state index in [4.69, 9.17) is 15.2 Å². The predicted octanol–water partition coefficient (Wildman–Crippen LogP) is 6.32. The zero-order valence-corrected chi connectivity index (χ0v) is 34.0. The van der Waals surface area contributed by atoms with E-state index in [-0.39, 0.29) is 60.0 Å². The summed E-state index contributed by atoms with van der Waals surface area (Å²) >= 11 is 1.57. The first-order valence-electron chi connectivity index (χ1n) is 18.9. The molecule has 3 rings (SSSR count). The zero-order valence-electron chi connectivity index (χ0n) is 33.2. The van der Waals surface area contributed by atoms with E-state index in [0.717, 1.165) is 29.8 Å². The molecule has 0 saturated carbocycles. The van der Waals surface area contributed by atoms with Gasteiger partial charge in [0.1, 0.15) is 5.78 Å². The number of likely N-dealkylation sites (N-methyl/N-ethyl adjacent to an activating group) is 1. The minimum absolute atomic E-state index is 0.0153. The molecule has 1 aliphatic heterocycles. The second-order valence-electron chi connectivity index (χ2n) is 15.7. The minimum Gasteiger partial charge on any atom is -0.379 e. The van der Waals surface area contributed by atoms with Gasteiger partial charge in [-0.2, -0.15) is 0 Å². The fraction of sp³-hybridized carbons (Fsp3) is 0.683. The van der Waals surface area contributed by atoms with Gasteiger partial charge >= 0.3 is 0 Å². The fourth-order valence-corrected chi connectivity index (χ4v) is 8.42. The molecule has 0 unspecified atom stereocenters. The number of benzene rings is 1. The fourth-order valence-electron chi connectivity index (χ4n) is 7.68. The Hall–Kier alpha value is -2.99. The number of methoxy groups -OCH3 is 2. The van der Waals surface area contributed by atoms with Gasteiger partial charge in [0.15, 0.2) is 5.78 Å². The van der Waals surface area contributed by atoms with E-state index in [2.05, 4.69) is 31.0 Å². The standard InChI is InChI=1S/C41H64N4O6S/c1-11-27(4)37(44(8)40(49)31(26(2)3)24-35(47)41(6,7)42)34(50-9)25-36(48)45-20-15-18-32(45)38(51-10)28(5)33(46)23-30(39-43-19-21-52-39)22-29-16-13-12-14-17-29/h12-14,16-17,19,21,26-28,30-32,34,37-38H,11,15,18,20,22-25,42H2,1-10H3/t27-,28-,30+,31-,32-,34+,37-,38+/m0/s1. The number of hydrogen-bond donors (Lipinski definition) is 1. The highest BCUT2D eigenvalue weighted by molar-refractivity contribution is 7.09. The molecule has 290 valence electrons. The molecule has 2 amide bonds. The van der Waals surface area contributed by atoms with E-state index in [0.29, 0.717) is 19.4 Å². The van der Waals surface area contributed by atoms with Crippen LogP contribution < -0.4 is 5.73 Å². The molecule has 1 saturated heterocycles. The van der Waals surface area contributed by atoms with Gasteiger partial charge in [-0.05, 0) is 50.5 Å². The number of nitrogens with zero attached hydrogens (tertiary/aromatic N) is 3. The number of rotatable bonds is 21. The third-order valence-electron chi connectivity index (χ3n) is 11.2. The summed E-state index contributed by atoms with van der Waals surface area (Å²) in [6.07, 6.45) is 4.20. The molecular formula is C41H64N4O6S. The molecule has 2 aromatic rings. The van der Waals surface area contributed by atoms with E-state index in [1.165, 1.54) is 0 Å². The van der Waals surface area contributed by atoms with Crippen molar-refractivity contribution in [2.75, 3.05) is 27.8 Å². The summed E-state index contributed by atoms with van der Waals surface area (Å²) in [5, 5.41) is 2.88. The molecule has 2 N–H and O–H groups in total. The first-order valence-corrected chi connectivity index (χ1v) is 19.8. The minimum atomic E-state index is -1.04. The van der Waals surface area contributed by atoms with Gasteiger partial charge in [-0.1, -0.05) is 71.4 Å². The van der Waals surface area contributed by atoms with Gasteiger partial charge in [-0.3, -0.25) is 19.2 Å². The molecule has 10 nitrogen and oxygen atoms in total. The van der Waals surface area contributed by atoms with Crippen molar-refractivity contribution >= 4 is 34.7 Å². The lowest BCUT2D eigenvalue weighted by molar-refractivity contribution is -0.149. The van der Waals surface area contributed by atoms with E-state index in [9.17, 15) is 19.2 Å².